The molecule has 1 aliphatic carbocycles. The summed E-state index contributed by atoms with van der Waals surface area (Å²) < 4.78 is 11.3. The highest BCUT2D eigenvalue weighted by Gasteiger charge is 2.37. The van der Waals surface area contributed by atoms with Gasteiger partial charge in [-0.25, -0.2) is 9.97 Å². The van der Waals surface area contributed by atoms with E-state index in [2.05, 4.69) is 16.0 Å². The van der Waals surface area contributed by atoms with E-state index in [1.54, 1.807) is 12.3 Å². The predicted octanol–water partition coefficient (Wildman–Crippen LogP) is 1.37. The molecular weight excluding hydrogens is 218 g/mol. The maximum absolute atomic E-state index is 5.66. The van der Waals surface area contributed by atoms with Gasteiger partial charge in [-0.15, -0.1) is 0 Å². The van der Waals surface area contributed by atoms with Crippen LogP contribution in [0.1, 0.15) is 25.1 Å². The molecular formula is C12H15N3O2. The minimum Gasteiger partial charge on any atom is -0.384 e. The summed E-state index contributed by atoms with van der Waals surface area (Å²) >= 11 is 0. The highest BCUT2D eigenvalue weighted by Crippen LogP contribution is 2.37. The van der Waals surface area contributed by atoms with Crippen LogP contribution in [0.3, 0.4) is 0 Å². The summed E-state index contributed by atoms with van der Waals surface area (Å²) in [5.74, 6) is 0.839. The molecule has 5 nitrogen and oxygen atoms in total. The molecule has 1 fully saturated rings. The Bertz CT molecular complexity index is 453. The number of aromatic nitrogens is 2. The van der Waals surface area contributed by atoms with E-state index in [9.17, 15) is 0 Å². The van der Waals surface area contributed by atoms with Crippen LogP contribution >= 0.6 is 0 Å². The summed E-state index contributed by atoms with van der Waals surface area (Å²) in [6, 6.07) is 1.69. The number of nitrogens with zero attached hydrogens (tertiary/aromatic N) is 2. The third-order valence-electron chi connectivity index (χ3n) is 3.21. The van der Waals surface area contributed by atoms with Crippen molar-refractivity contribution in [2.24, 2.45) is 0 Å². The Morgan fingerprint density at radius 2 is 2.12 bits per heavy atom. The van der Waals surface area contributed by atoms with Gasteiger partial charge in [0.1, 0.15) is 5.82 Å². The maximum atomic E-state index is 5.66. The highest BCUT2D eigenvalue weighted by atomic mass is 16.7. The Labute approximate surface area is 99.7 Å². The molecule has 0 unspecified atom stereocenters. The molecule has 3 rings (SSSR count). The van der Waals surface area contributed by atoms with E-state index in [0.29, 0.717) is 19.0 Å². The topological polar surface area (TPSA) is 70.3 Å². The molecule has 5 heteroatoms. The van der Waals surface area contributed by atoms with E-state index in [0.717, 1.165) is 30.7 Å². The fraction of sp³-hybridized carbons (Fsp3) is 0.500. The van der Waals surface area contributed by atoms with Crippen molar-refractivity contribution in [1.82, 2.24) is 9.97 Å². The predicted molar refractivity (Wildman–Crippen MR) is 62.9 cm³/mol. The minimum atomic E-state index is -0.385. The summed E-state index contributed by atoms with van der Waals surface area (Å²) in [5.41, 5.74) is 6.78. The van der Waals surface area contributed by atoms with Gasteiger partial charge in [0.15, 0.2) is 11.6 Å². The van der Waals surface area contributed by atoms with Crippen molar-refractivity contribution in [1.29, 1.82) is 0 Å². The quantitative estimate of drug-likeness (QED) is 0.793. The first-order valence-electron chi connectivity index (χ1n) is 5.83. The maximum Gasteiger partial charge on any atom is 0.172 e. The number of rotatable bonds is 1. The number of allylic oxidation sites excluding steroid dienone is 1. The van der Waals surface area contributed by atoms with Crippen molar-refractivity contribution in [2.45, 2.75) is 25.0 Å². The summed E-state index contributed by atoms with van der Waals surface area (Å²) in [7, 11) is 0. The lowest BCUT2D eigenvalue weighted by molar-refractivity contribution is -0.159. The van der Waals surface area contributed by atoms with Crippen LogP contribution in [0.5, 0.6) is 0 Å². The number of ether oxygens (including phenoxy) is 2. The zero-order chi connectivity index (χ0) is 11.7. The van der Waals surface area contributed by atoms with Crippen LogP contribution in [-0.4, -0.2) is 29.0 Å². The average molecular weight is 233 g/mol. The summed E-state index contributed by atoms with van der Waals surface area (Å²) in [5, 5.41) is 0. The van der Waals surface area contributed by atoms with E-state index >= 15 is 0 Å². The normalized spacial score (nSPS) is 22.7. The zero-order valence-electron chi connectivity index (χ0n) is 9.56. The van der Waals surface area contributed by atoms with Crippen molar-refractivity contribution in [3.8, 4) is 0 Å². The molecule has 17 heavy (non-hydrogen) atoms. The van der Waals surface area contributed by atoms with Crippen LogP contribution in [0.15, 0.2) is 18.3 Å². The fourth-order valence-electron chi connectivity index (χ4n) is 2.30. The van der Waals surface area contributed by atoms with Gasteiger partial charge in [0, 0.05) is 19.0 Å². The molecule has 1 saturated heterocycles. The van der Waals surface area contributed by atoms with E-state index in [1.807, 2.05) is 0 Å². The molecule has 2 aliphatic rings. The Hall–Kier alpha value is -1.46. The molecule has 1 aliphatic heterocycles. The fourth-order valence-corrected chi connectivity index (χ4v) is 2.30. The van der Waals surface area contributed by atoms with Gasteiger partial charge in [-0.3, -0.25) is 0 Å². The van der Waals surface area contributed by atoms with Crippen LogP contribution in [0.4, 0.5) is 5.82 Å². The monoisotopic (exact) mass is 233 g/mol. The van der Waals surface area contributed by atoms with Gasteiger partial charge in [0.05, 0.1) is 13.2 Å². The molecule has 0 radical (unpaired) electrons. The molecule has 1 aromatic heterocycles. The third-order valence-corrected chi connectivity index (χ3v) is 3.21. The standard InChI is InChI=1S/C12H15N3O2/c13-10-3-6-14-11(15-10)9-1-4-12(5-2-9)16-7-8-17-12/h1,3,6H,2,4-5,7-8H2,(H2,13,14,15). The second-order valence-corrected chi connectivity index (χ2v) is 4.35. The van der Waals surface area contributed by atoms with Crippen LogP contribution < -0.4 is 5.73 Å². The van der Waals surface area contributed by atoms with E-state index in [4.69, 9.17) is 15.2 Å². The van der Waals surface area contributed by atoms with E-state index in [-0.39, 0.29) is 5.79 Å². The van der Waals surface area contributed by atoms with Gasteiger partial charge in [0.25, 0.3) is 0 Å². The van der Waals surface area contributed by atoms with Gasteiger partial charge in [0.2, 0.25) is 0 Å². The summed E-state index contributed by atoms with van der Waals surface area (Å²) in [6.45, 7) is 1.38. The highest BCUT2D eigenvalue weighted by molar-refractivity contribution is 5.61. The third kappa shape index (κ3) is 2.03. The van der Waals surface area contributed by atoms with Gasteiger partial charge in [-0.2, -0.15) is 0 Å². The number of nitrogens with two attached hydrogens (primary N) is 1. The molecule has 1 aromatic rings. The molecule has 90 valence electrons. The molecule has 0 amide bonds. The van der Waals surface area contributed by atoms with Crippen LogP contribution in [0, 0.1) is 0 Å². The van der Waals surface area contributed by atoms with Crippen molar-refractivity contribution >= 4 is 11.4 Å². The van der Waals surface area contributed by atoms with Crippen LogP contribution in [0.25, 0.3) is 5.57 Å². The first kappa shape index (κ1) is 10.7. The van der Waals surface area contributed by atoms with E-state index in [1.165, 1.54) is 0 Å². The SMILES string of the molecule is Nc1ccnc(C2=CCC3(CC2)OCCO3)n1. The molecule has 0 aromatic carbocycles. The lowest BCUT2D eigenvalue weighted by Gasteiger charge is -2.30. The van der Waals surface area contributed by atoms with Crippen LogP contribution in [0.2, 0.25) is 0 Å². The van der Waals surface area contributed by atoms with Crippen molar-refractivity contribution in [2.75, 3.05) is 18.9 Å². The molecule has 2 heterocycles. The zero-order valence-corrected chi connectivity index (χ0v) is 9.56. The Kier molecular flexibility index (Phi) is 2.57. The Balaban J connectivity index is 1.80. The minimum absolute atomic E-state index is 0.385. The number of hydrogen-bond donors (Lipinski definition) is 1. The first-order valence-corrected chi connectivity index (χ1v) is 5.83. The van der Waals surface area contributed by atoms with Crippen molar-refractivity contribution in [3.63, 3.8) is 0 Å². The number of anilines is 1. The molecule has 1 spiro atoms. The van der Waals surface area contributed by atoms with Gasteiger partial charge >= 0.3 is 0 Å². The van der Waals surface area contributed by atoms with Crippen LogP contribution in [-0.2, 0) is 9.47 Å². The lowest BCUT2D eigenvalue weighted by atomic mass is 9.93. The molecule has 0 saturated carbocycles. The lowest BCUT2D eigenvalue weighted by Crippen LogP contribution is -2.31. The van der Waals surface area contributed by atoms with Crippen molar-refractivity contribution in [3.05, 3.63) is 24.2 Å². The second-order valence-electron chi connectivity index (χ2n) is 4.35. The molecule has 2 N–H and O–H groups in total. The summed E-state index contributed by atoms with van der Waals surface area (Å²) in [6.07, 6.45) is 6.27. The number of hydrogen-bond acceptors (Lipinski definition) is 5. The Morgan fingerprint density at radius 3 is 2.76 bits per heavy atom. The second kappa shape index (κ2) is 4.09. The summed E-state index contributed by atoms with van der Waals surface area (Å²) in [4.78, 5) is 8.47. The first-order chi connectivity index (χ1) is 8.27. The van der Waals surface area contributed by atoms with Crippen molar-refractivity contribution < 1.29 is 9.47 Å². The van der Waals surface area contributed by atoms with Gasteiger partial charge in [-0.05, 0) is 18.1 Å². The van der Waals surface area contributed by atoms with Gasteiger partial charge in [-0.1, -0.05) is 6.08 Å². The van der Waals surface area contributed by atoms with E-state index < -0.39 is 0 Å². The molecule has 0 bridgehead atoms. The number of nitrogen functional groups attached to an aromatic ring is 1. The average Bonchev–Trinajstić information content (AvgIpc) is 2.79. The Morgan fingerprint density at radius 1 is 1.29 bits per heavy atom. The van der Waals surface area contributed by atoms with Gasteiger partial charge < -0.3 is 15.2 Å². The largest absolute Gasteiger partial charge is 0.384 e. The molecule has 0 atom stereocenters. The smallest absolute Gasteiger partial charge is 0.172 e.